The van der Waals surface area contributed by atoms with E-state index in [0.717, 1.165) is 11.3 Å². The highest BCUT2D eigenvalue weighted by atomic mass is 35.5. The Hall–Kier alpha value is -2.60. The molecule has 0 atom stereocenters. The largest absolute Gasteiger partial charge is 0.327 e. The Kier molecular flexibility index (Phi) is 4.87. The molecule has 1 fully saturated rings. The van der Waals surface area contributed by atoms with Crippen LogP contribution in [0.15, 0.2) is 29.1 Å². The van der Waals surface area contributed by atoms with Crippen LogP contribution in [0.4, 0.5) is 5.69 Å². The fraction of sp³-hybridized carbons (Fsp3) is 0.316. The third-order valence-corrected chi connectivity index (χ3v) is 5.20. The van der Waals surface area contributed by atoms with Crippen molar-refractivity contribution in [3.05, 3.63) is 62.0 Å². The Morgan fingerprint density at radius 2 is 1.73 bits per heavy atom. The predicted octanol–water partition coefficient (Wildman–Crippen LogP) is 2.44. The summed E-state index contributed by atoms with van der Waals surface area (Å²) in [6.45, 7) is 5.95. The number of piperazine rings is 1. The van der Waals surface area contributed by atoms with Crippen LogP contribution in [0.25, 0.3) is 0 Å². The number of aryl methyl sites for hydroxylation is 2. The first kappa shape index (κ1) is 18.2. The van der Waals surface area contributed by atoms with E-state index in [4.69, 9.17) is 11.6 Å². The van der Waals surface area contributed by atoms with Gasteiger partial charge in [-0.15, -0.1) is 0 Å². The number of amides is 2. The van der Waals surface area contributed by atoms with E-state index < -0.39 is 11.5 Å². The maximum absolute atomic E-state index is 12.8. The summed E-state index contributed by atoms with van der Waals surface area (Å²) in [6.07, 6.45) is 0. The van der Waals surface area contributed by atoms with E-state index in [1.54, 1.807) is 18.7 Å². The summed E-state index contributed by atoms with van der Waals surface area (Å²) in [5.74, 6) is -0.650. The summed E-state index contributed by atoms with van der Waals surface area (Å²) in [5, 5.41) is 0.359. The number of carbonyl (C=O) groups is 2. The van der Waals surface area contributed by atoms with Crippen molar-refractivity contribution in [1.29, 1.82) is 0 Å². The molecule has 1 aromatic heterocycles. The number of rotatable bonds is 2. The molecule has 2 aromatic rings. The highest BCUT2D eigenvalue weighted by Gasteiger charge is 2.31. The number of carbonyl (C=O) groups excluding carboxylic acids is 2. The number of hydrogen-bond acceptors (Lipinski definition) is 3. The molecule has 1 N–H and O–H groups in total. The van der Waals surface area contributed by atoms with Crippen molar-refractivity contribution in [3.63, 3.8) is 0 Å². The number of aromatic nitrogens is 1. The van der Waals surface area contributed by atoms with Crippen LogP contribution in [0.2, 0.25) is 5.02 Å². The minimum absolute atomic E-state index is 0.00261. The molecule has 3 rings (SSSR count). The summed E-state index contributed by atoms with van der Waals surface area (Å²) >= 11 is 6.17. The first-order valence-electron chi connectivity index (χ1n) is 8.35. The second-order valence-electron chi connectivity index (χ2n) is 6.50. The number of pyridine rings is 1. The molecule has 1 saturated heterocycles. The van der Waals surface area contributed by atoms with E-state index in [0.29, 0.717) is 29.4 Å². The van der Waals surface area contributed by atoms with Gasteiger partial charge in [0.25, 0.3) is 11.5 Å². The molecular formula is C19H20ClN3O3. The van der Waals surface area contributed by atoms with E-state index in [-0.39, 0.29) is 18.0 Å². The van der Waals surface area contributed by atoms with Crippen LogP contribution in [0.5, 0.6) is 0 Å². The normalized spacial score (nSPS) is 14.7. The van der Waals surface area contributed by atoms with Gasteiger partial charge in [0.05, 0.1) is 5.02 Å². The number of anilines is 1. The van der Waals surface area contributed by atoms with Crippen LogP contribution in [0.3, 0.4) is 0 Å². The first-order chi connectivity index (χ1) is 12.3. The van der Waals surface area contributed by atoms with Gasteiger partial charge in [-0.2, -0.15) is 0 Å². The van der Waals surface area contributed by atoms with Gasteiger partial charge in [-0.05, 0) is 38.5 Å². The lowest BCUT2D eigenvalue weighted by atomic mass is 10.1. The Labute approximate surface area is 156 Å². The van der Waals surface area contributed by atoms with Crippen molar-refractivity contribution < 1.29 is 9.59 Å². The maximum Gasteiger partial charge on any atom is 0.261 e. The fourth-order valence-electron chi connectivity index (χ4n) is 3.11. The minimum Gasteiger partial charge on any atom is -0.327 e. The van der Waals surface area contributed by atoms with Gasteiger partial charge in [-0.1, -0.05) is 29.3 Å². The summed E-state index contributed by atoms with van der Waals surface area (Å²) < 4.78 is 0. The summed E-state index contributed by atoms with van der Waals surface area (Å²) in [6, 6.07) is 7.66. The molecule has 1 aromatic carbocycles. The predicted molar refractivity (Wildman–Crippen MR) is 101 cm³/mol. The summed E-state index contributed by atoms with van der Waals surface area (Å²) in [4.78, 5) is 43.2. The monoisotopic (exact) mass is 373 g/mol. The van der Waals surface area contributed by atoms with Crippen molar-refractivity contribution >= 4 is 29.1 Å². The molecule has 2 heterocycles. The Bertz CT molecular complexity index is 934. The molecule has 26 heavy (non-hydrogen) atoms. The lowest BCUT2D eigenvalue weighted by molar-refractivity contribution is -0.120. The molecule has 0 spiro atoms. The van der Waals surface area contributed by atoms with Crippen molar-refractivity contribution in [3.8, 4) is 0 Å². The third-order valence-electron chi connectivity index (χ3n) is 4.63. The Morgan fingerprint density at radius 3 is 2.35 bits per heavy atom. The van der Waals surface area contributed by atoms with E-state index in [2.05, 4.69) is 4.98 Å². The zero-order chi connectivity index (χ0) is 19.0. The van der Waals surface area contributed by atoms with Crippen LogP contribution >= 0.6 is 11.6 Å². The highest BCUT2D eigenvalue weighted by molar-refractivity contribution is 6.32. The lowest BCUT2D eigenvalue weighted by Crippen LogP contribution is -2.53. The summed E-state index contributed by atoms with van der Waals surface area (Å²) in [7, 11) is 0. The Balaban J connectivity index is 1.82. The first-order valence-corrected chi connectivity index (χ1v) is 8.72. The van der Waals surface area contributed by atoms with Crippen molar-refractivity contribution in [1.82, 2.24) is 9.88 Å². The van der Waals surface area contributed by atoms with Gasteiger partial charge in [-0.25, -0.2) is 0 Å². The standard InChI is InChI=1S/C19H20ClN3O3/c1-11-4-6-14(7-5-11)23-9-8-22(10-15(23)24)19(26)16-12(2)17(20)13(3)21-18(16)25/h4-7H,8-10H2,1-3H3,(H,21,25). The molecule has 1 aliphatic heterocycles. The van der Waals surface area contributed by atoms with Crippen LogP contribution in [0.1, 0.15) is 27.2 Å². The molecule has 1 aliphatic rings. The average Bonchev–Trinajstić information content (AvgIpc) is 2.60. The zero-order valence-corrected chi connectivity index (χ0v) is 15.7. The van der Waals surface area contributed by atoms with Crippen molar-refractivity contribution in [2.45, 2.75) is 20.8 Å². The Morgan fingerprint density at radius 1 is 1.08 bits per heavy atom. The molecule has 6 nitrogen and oxygen atoms in total. The average molecular weight is 374 g/mol. The van der Waals surface area contributed by atoms with Crippen LogP contribution in [0, 0.1) is 20.8 Å². The van der Waals surface area contributed by atoms with Gasteiger partial charge >= 0.3 is 0 Å². The van der Waals surface area contributed by atoms with Gasteiger partial charge in [0.2, 0.25) is 5.91 Å². The fourth-order valence-corrected chi connectivity index (χ4v) is 3.25. The van der Waals surface area contributed by atoms with E-state index in [1.165, 1.54) is 4.90 Å². The second-order valence-corrected chi connectivity index (χ2v) is 6.88. The molecule has 136 valence electrons. The number of aromatic amines is 1. The summed E-state index contributed by atoms with van der Waals surface area (Å²) in [5.41, 5.74) is 2.39. The lowest BCUT2D eigenvalue weighted by Gasteiger charge is -2.34. The van der Waals surface area contributed by atoms with Gasteiger partial charge < -0.3 is 14.8 Å². The third kappa shape index (κ3) is 3.24. The van der Waals surface area contributed by atoms with E-state index >= 15 is 0 Å². The number of nitrogens with zero attached hydrogens (tertiary/aromatic N) is 2. The van der Waals surface area contributed by atoms with E-state index in [9.17, 15) is 14.4 Å². The molecule has 0 saturated carbocycles. The molecular weight excluding hydrogens is 354 g/mol. The molecule has 0 radical (unpaired) electrons. The van der Waals surface area contributed by atoms with Crippen LogP contribution in [-0.2, 0) is 4.79 Å². The smallest absolute Gasteiger partial charge is 0.261 e. The molecule has 0 unspecified atom stereocenters. The van der Waals surface area contributed by atoms with Crippen molar-refractivity contribution in [2.24, 2.45) is 0 Å². The number of H-pyrrole nitrogens is 1. The second kappa shape index (κ2) is 6.96. The molecule has 7 heteroatoms. The topological polar surface area (TPSA) is 73.5 Å². The van der Waals surface area contributed by atoms with Crippen molar-refractivity contribution in [2.75, 3.05) is 24.5 Å². The maximum atomic E-state index is 12.8. The highest BCUT2D eigenvalue weighted by Crippen LogP contribution is 2.22. The molecule has 2 amide bonds. The number of halogens is 1. The van der Waals surface area contributed by atoms with Gasteiger partial charge in [0.15, 0.2) is 0 Å². The molecule has 0 aliphatic carbocycles. The van der Waals surface area contributed by atoms with E-state index in [1.807, 2.05) is 31.2 Å². The van der Waals surface area contributed by atoms with Gasteiger partial charge in [-0.3, -0.25) is 14.4 Å². The molecule has 0 bridgehead atoms. The SMILES string of the molecule is Cc1ccc(N2CCN(C(=O)c3c(C)c(Cl)c(C)[nH]c3=O)CC2=O)cc1. The zero-order valence-electron chi connectivity index (χ0n) is 14.9. The van der Waals surface area contributed by atoms with Gasteiger partial charge in [0.1, 0.15) is 12.1 Å². The number of nitrogens with one attached hydrogen (secondary N) is 1. The van der Waals surface area contributed by atoms with Crippen LogP contribution < -0.4 is 10.5 Å². The van der Waals surface area contributed by atoms with Gasteiger partial charge in [0, 0.05) is 24.5 Å². The quantitative estimate of drug-likeness (QED) is 0.878. The number of hydrogen-bond donors (Lipinski definition) is 1. The van der Waals surface area contributed by atoms with Crippen LogP contribution in [-0.4, -0.2) is 41.3 Å². The number of benzene rings is 1. The minimum atomic E-state index is -0.484.